The van der Waals surface area contributed by atoms with Gasteiger partial charge in [-0.1, -0.05) is 254 Å². The van der Waals surface area contributed by atoms with E-state index in [1.807, 2.05) is 0 Å². The summed E-state index contributed by atoms with van der Waals surface area (Å²) in [6.45, 7) is 6.48. The second-order valence-electron chi connectivity index (χ2n) is 19.5. The van der Waals surface area contributed by atoms with Crippen molar-refractivity contribution >= 4 is 17.9 Å². The van der Waals surface area contributed by atoms with Crippen molar-refractivity contribution in [2.45, 2.75) is 297 Å². The fraction of sp³-hybridized carbons (Fsp3) is 0.762. The predicted octanol–water partition coefficient (Wildman–Crippen LogP) is 19.8. The number of rotatable bonds is 53. The number of unbranched alkanes of at least 4 members (excludes halogenated alkanes) is 30. The van der Waals surface area contributed by atoms with Crippen LogP contribution in [0.3, 0.4) is 0 Å². The number of hydrogen-bond donors (Lipinski definition) is 0. The standard InChI is InChI=1S/C63H110O6/c1-4-7-10-13-16-19-21-23-24-25-26-27-28-29-30-31-32-33-34-35-36-37-38-39-40-41-43-44-47-50-53-56-62(65)68-59-60(58-67-61(64)55-52-49-46-18-15-12-9-6-3)69-63(66)57-54-51-48-45-42-22-20-17-14-11-8-5-2/h7,10,16-17,19-20,23-24,26-27,29-30,60H,4-6,8-9,11-15,18,21-22,25,28,31-59H2,1-3H3/b10-7-,19-16-,20-17-,24-23-,27-26-,30-29-. The van der Waals surface area contributed by atoms with E-state index in [1.165, 1.54) is 148 Å². The van der Waals surface area contributed by atoms with Crippen LogP contribution in [-0.4, -0.2) is 37.2 Å². The van der Waals surface area contributed by atoms with Gasteiger partial charge in [0.2, 0.25) is 0 Å². The third-order valence-electron chi connectivity index (χ3n) is 12.7. The molecular formula is C63H110O6. The molecule has 0 aromatic carbocycles. The molecule has 1 atom stereocenters. The molecule has 0 aromatic heterocycles. The normalized spacial score (nSPS) is 12.6. The largest absolute Gasteiger partial charge is 0.462 e. The van der Waals surface area contributed by atoms with E-state index in [9.17, 15) is 14.4 Å². The predicted molar refractivity (Wildman–Crippen MR) is 298 cm³/mol. The molecule has 0 N–H and O–H groups in total. The Balaban J connectivity index is 4.04. The van der Waals surface area contributed by atoms with Gasteiger partial charge in [0.05, 0.1) is 0 Å². The van der Waals surface area contributed by atoms with E-state index in [0.29, 0.717) is 19.3 Å². The van der Waals surface area contributed by atoms with Gasteiger partial charge in [-0.3, -0.25) is 14.4 Å². The minimum absolute atomic E-state index is 0.0751. The van der Waals surface area contributed by atoms with E-state index in [2.05, 4.69) is 93.7 Å². The number of esters is 3. The van der Waals surface area contributed by atoms with Crippen molar-refractivity contribution in [3.05, 3.63) is 72.9 Å². The van der Waals surface area contributed by atoms with Crippen LogP contribution in [0.4, 0.5) is 0 Å². The maximum absolute atomic E-state index is 12.8. The molecule has 398 valence electrons. The molecule has 0 aliphatic heterocycles. The van der Waals surface area contributed by atoms with Crippen molar-refractivity contribution in [2.75, 3.05) is 13.2 Å². The number of ether oxygens (including phenoxy) is 3. The Morgan fingerprint density at radius 1 is 0.304 bits per heavy atom. The topological polar surface area (TPSA) is 78.9 Å². The van der Waals surface area contributed by atoms with E-state index < -0.39 is 6.10 Å². The van der Waals surface area contributed by atoms with Gasteiger partial charge in [-0.05, 0) is 89.9 Å². The lowest BCUT2D eigenvalue weighted by atomic mass is 10.0. The summed E-state index contributed by atoms with van der Waals surface area (Å²) in [5, 5.41) is 0. The van der Waals surface area contributed by atoms with Gasteiger partial charge in [-0.2, -0.15) is 0 Å². The minimum atomic E-state index is -0.774. The molecule has 0 bridgehead atoms. The van der Waals surface area contributed by atoms with Gasteiger partial charge >= 0.3 is 17.9 Å². The van der Waals surface area contributed by atoms with Gasteiger partial charge in [0, 0.05) is 19.3 Å². The lowest BCUT2D eigenvalue weighted by molar-refractivity contribution is -0.167. The molecule has 6 nitrogen and oxygen atoms in total. The third-order valence-corrected chi connectivity index (χ3v) is 12.7. The monoisotopic (exact) mass is 963 g/mol. The summed E-state index contributed by atoms with van der Waals surface area (Å²) in [4.78, 5) is 37.9. The SMILES string of the molecule is CC/C=C\C/C=C\C/C=C\C/C=C\C/C=C\CCCCCCCCCCCCCCCCCC(=O)OCC(COC(=O)CCCCCCCCCC)OC(=O)CCCCCCC/C=C\CCCCC. The van der Waals surface area contributed by atoms with E-state index >= 15 is 0 Å². The van der Waals surface area contributed by atoms with Crippen molar-refractivity contribution < 1.29 is 28.6 Å². The van der Waals surface area contributed by atoms with Gasteiger partial charge in [-0.25, -0.2) is 0 Å². The first-order valence-corrected chi connectivity index (χ1v) is 29.4. The second kappa shape index (κ2) is 57.4. The molecule has 0 aliphatic carbocycles. The van der Waals surface area contributed by atoms with Crippen molar-refractivity contribution in [3.8, 4) is 0 Å². The van der Waals surface area contributed by atoms with Gasteiger partial charge < -0.3 is 14.2 Å². The number of hydrogen-bond acceptors (Lipinski definition) is 6. The summed E-state index contributed by atoms with van der Waals surface area (Å²) in [5.74, 6) is -0.881. The van der Waals surface area contributed by atoms with Crippen LogP contribution in [-0.2, 0) is 28.6 Å². The Kier molecular flexibility index (Phi) is 54.8. The molecule has 0 fully saturated rings. The Morgan fingerprint density at radius 3 is 0.928 bits per heavy atom. The zero-order chi connectivity index (χ0) is 50.0. The van der Waals surface area contributed by atoms with Crippen LogP contribution in [0, 0.1) is 0 Å². The molecular weight excluding hydrogens is 853 g/mol. The summed E-state index contributed by atoms with van der Waals surface area (Å²) in [6.07, 6.45) is 73.5. The Morgan fingerprint density at radius 2 is 0.565 bits per heavy atom. The zero-order valence-electron chi connectivity index (χ0n) is 45.6. The summed E-state index contributed by atoms with van der Waals surface area (Å²) >= 11 is 0. The molecule has 6 heteroatoms. The van der Waals surface area contributed by atoms with E-state index in [0.717, 1.165) is 103 Å². The maximum atomic E-state index is 12.8. The molecule has 0 amide bonds. The van der Waals surface area contributed by atoms with E-state index in [-0.39, 0.29) is 31.1 Å². The van der Waals surface area contributed by atoms with Crippen LogP contribution >= 0.6 is 0 Å². The van der Waals surface area contributed by atoms with Crippen LogP contribution in [0.15, 0.2) is 72.9 Å². The number of carbonyl (C=O) groups is 3. The van der Waals surface area contributed by atoms with Crippen LogP contribution in [0.5, 0.6) is 0 Å². The van der Waals surface area contributed by atoms with Gasteiger partial charge in [0.25, 0.3) is 0 Å². The molecule has 0 spiro atoms. The minimum Gasteiger partial charge on any atom is -0.462 e. The van der Waals surface area contributed by atoms with Crippen molar-refractivity contribution in [1.29, 1.82) is 0 Å². The van der Waals surface area contributed by atoms with Gasteiger partial charge in [-0.15, -0.1) is 0 Å². The van der Waals surface area contributed by atoms with E-state index in [1.54, 1.807) is 0 Å². The maximum Gasteiger partial charge on any atom is 0.306 e. The molecule has 0 saturated carbocycles. The quantitative estimate of drug-likeness (QED) is 0.0262. The summed E-state index contributed by atoms with van der Waals surface area (Å²) in [5.41, 5.74) is 0. The smallest absolute Gasteiger partial charge is 0.306 e. The van der Waals surface area contributed by atoms with Crippen LogP contribution < -0.4 is 0 Å². The van der Waals surface area contributed by atoms with Crippen molar-refractivity contribution in [3.63, 3.8) is 0 Å². The highest BCUT2D eigenvalue weighted by molar-refractivity contribution is 5.71. The highest BCUT2D eigenvalue weighted by Crippen LogP contribution is 2.16. The summed E-state index contributed by atoms with van der Waals surface area (Å²) in [6, 6.07) is 0. The second-order valence-corrected chi connectivity index (χ2v) is 19.5. The first-order valence-electron chi connectivity index (χ1n) is 29.4. The molecule has 0 saturated heterocycles. The Labute approximate surface area is 427 Å². The molecule has 0 radical (unpaired) electrons. The lowest BCUT2D eigenvalue weighted by Crippen LogP contribution is -2.30. The van der Waals surface area contributed by atoms with Gasteiger partial charge in [0.1, 0.15) is 13.2 Å². The Bertz CT molecular complexity index is 1290. The average molecular weight is 964 g/mol. The van der Waals surface area contributed by atoms with Crippen molar-refractivity contribution in [1.82, 2.24) is 0 Å². The molecule has 0 heterocycles. The summed E-state index contributed by atoms with van der Waals surface area (Å²) in [7, 11) is 0. The first kappa shape index (κ1) is 65.8. The van der Waals surface area contributed by atoms with Crippen LogP contribution in [0.2, 0.25) is 0 Å². The van der Waals surface area contributed by atoms with Crippen LogP contribution in [0.1, 0.15) is 290 Å². The fourth-order valence-corrected chi connectivity index (χ4v) is 8.29. The highest BCUT2D eigenvalue weighted by atomic mass is 16.6. The number of allylic oxidation sites excluding steroid dienone is 12. The van der Waals surface area contributed by atoms with Crippen molar-refractivity contribution in [2.24, 2.45) is 0 Å². The van der Waals surface area contributed by atoms with E-state index in [4.69, 9.17) is 14.2 Å². The fourth-order valence-electron chi connectivity index (χ4n) is 8.29. The summed E-state index contributed by atoms with van der Waals surface area (Å²) < 4.78 is 16.8. The Hall–Kier alpha value is -3.15. The highest BCUT2D eigenvalue weighted by Gasteiger charge is 2.19. The van der Waals surface area contributed by atoms with Crippen LogP contribution in [0.25, 0.3) is 0 Å². The first-order chi connectivity index (χ1) is 34.0. The van der Waals surface area contributed by atoms with Gasteiger partial charge in [0.15, 0.2) is 6.10 Å². The molecule has 0 aliphatic rings. The average Bonchev–Trinajstić information content (AvgIpc) is 3.35. The molecule has 69 heavy (non-hydrogen) atoms. The molecule has 0 rings (SSSR count). The lowest BCUT2D eigenvalue weighted by Gasteiger charge is -2.18. The zero-order valence-corrected chi connectivity index (χ0v) is 45.6. The number of carbonyl (C=O) groups excluding carboxylic acids is 3. The molecule has 1 unspecified atom stereocenters. The third kappa shape index (κ3) is 55.6. The molecule has 0 aromatic rings.